The Morgan fingerprint density at radius 3 is 2.27 bits per heavy atom. The van der Waals surface area contributed by atoms with Crippen molar-refractivity contribution in [2.24, 2.45) is 0 Å². The number of hydrogen-bond donors (Lipinski definition) is 1. The number of carbonyl (C=O) groups excluding carboxylic acids is 2. The van der Waals surface area contributed by atoms with Gasteiger partial charge in [-0.05, 0) is 58.9 Å². The van der Waals surface area contributed by atoms with E-state index in [0.29, 0.717) is 32.2 Å². The smallest absolute Gasteiger partial charge is 0.410 e. The highest BCUT2D eigenvalue weighted by atomic mass is 16.6. The maximum absolute atomic E-state index is 12.9. The highest BCUT2D eigenvalue weighted by molar-refractivity contribution is 5.70. The molecule has 0 radical (unpaired) electrons. The van der Waals surface area contributed by atoms with Gasteiger partial charge in [0.05, 0.1) is 12.1 Å². The lowest BCUT2D eigenvalue weighted by Gasteiger charge is -2.41. The Bertz CT molecular complexity index is 681. The fourth-order valence-corrected chi connectivity index (χ4v) is 3.73. The van der Waals surface area contributed by atoms with Gasteiger partial charge < -0.3 is 24.4 Å². The van der Waals surface area contributed by atoms with Gasteiger partial charge in [-0.3, -0.25) is 0 Å². The van der Waals surface area contributed by atoms with E-state index in [4.69, 9.17) is 9.47 Å². The maximum atomic E-state index is 12.9. The molecule has 1 fully saturated rings. The van der Waals surface area contributed by atoms with Crippen molar-refractivity contribution in [3.63, 3.8) is 0 Å². The van der Waals surface area contributed by atoms with Gasteiger partial charge in [0.25, 0.3) is 0 Å². The van der Waals surface area contributed by atoms with Crippen molar-refractivity contribution in [3.05, 3.63) is 35.9 Å². The Labute approximate surface area is 179 Å². The number of likely N-dealkylation sites (N-methyl/N-ethyl adjacent to an activating group) is 1. The molecule has 0 spiro atoms. The second-order valence-corrected chi connectivity index (χ2v) is 9.12. The van der Waals surface area contributed by atoms with Crippen LogP contribution in [0.5, 0.6) is 0 Å². The Morgan fingerprint density at radius 1 is 1.10 bits per heavy atom. The highest BCUT2D eigenvalue weighted by Gasteiger charge is 2.35. The predicted molar refractivity (Wildman–Crippen MR) is 115 cm³/mol. The fourth-order valence-electron chi connectivity index (χ4n) is 3.73. The van der Waals surface area contributed by atoms with E-state index in [9.17, 15) is 14.7 Å². The summed E-state index contributed by atoms with van der Waals surface area (Å²) in [5.41, 5.74) is 0.312. The van der Waals surface area contributed by atoms with Crippen molar-refractivity contribution in [3.8, 4) is 0 Å². The van der Waals surface area contributed by atoms with Crippen LogP contribution in [-0.2, 0) is 16.1 Å². The lowest BCUT2D eigenvalue weighted by Crippen LogP contribution is -2.53. The molecule has 7 heteroatoms. The van der Waals surface area contributed by atoms with Crippen LogP contribution in [-0.4, -0.2) is 64.5 Å². The van der Waals surface area contributed by atoms with E-state index in [2.05, 4.69) is 0 Å². The summed E-state index contributed by atoms with van der Waals surface area (Å²) < 4.78 is 11.0. The Morgan fingerprint density at radius 2 is 1.70 bits per heavy atom. The Balaban J connectivity index is 2.00. The molecule has 0 aliphatic heterocycles. The van der Waals surface area contributed by atoms with Crippen molar-refractivity contribution < 1.29 is 24.2 Å². The van der Waals surface area contributed by atoms with Crippen molar-refractivity contribution in [2.75, 3.05) is 13.6 Å². The predicted octanol–water partition coefficient (Wildman–Crippen LogP) is 4.18. The average molecular weight is 421 g/mol. The molecular formula is C23H36N2O5. The van der Waals surface area contributed by atoms with E-state index >= 15 is 0 Å². The first-order valence-corrected chi connectivity index (χ1v) is 10.7. The van der Waals surface area contributed by atoms with Crippen LogP contribution in [0, 0.1) is 0 Å². The van der Waals surface area contributed by atoms with Crippen LogP contribution in [0.15, 0.2) is 30.3 Å². The topological polar surface area (TPSA) is 79.3 Å². The molecule has 1 atom stereocenters. The monoisotopic (exact) mass is 420 g/mol. The highest BCUT2D eigenvalue weighted by Crippen LogP contribution is 2.27. The average Bonchev–Trinajstić information content (AvgIpc) is 2.67. The standard InChI is InChI=1S/C23H36N2O5/c1-17(15-24(5)21(27)29-16-18-9-7-6-8-10-18)25(22(28)30-23(2,3)4)19-11-13-20(26)14-12-19/h6-10,17,19-20,26H,11-16H2,1-5H3. The third-order valence-electron chi connectivity index (χ3n) is 5.19. The normalized spacial score (nSPS) is 20.2. The molecule has 2 rings (SSSR count). The summed E-state index contributed by atoms with van der Waals surface area (Å²) in [6.45, 7) is 7.96. The number of aliphatic hydroxyl groups excluding tert-OH is 1. The number of ether oxygens (including phenoxy) is 2. The van der Waals surface area contributed by atoms with Crippen LogP contribution in [0.3, 0.4) is 0 Å². The first-order valence-electron chi connectivity index (χ1n) is 10.7. The van der Waals surface area contributed by atoms with Crippen LogP contribution in [0.25, 0.3) is 0 Å². The summed E-state index contributed by atoms with van der Waals surface area (Å²) in [6.07, 6.45) is 1.61. The molecule has 1 N–H and O–H groups in total. The molecule has 7 nitrogen and oxygen atoms in total. The Hall–Kier alpha value is -2.28. The summed E-state index contributed by atoms with van der Waals surface area (Å²) in [6, 6.07) is 9.23. The first-order chi connectivity index (χ1) is 14.1. The van der Waals surface area contributed by atoms with Crippen LogP contribution in [0.1, 0.15) is 58.9 Å². The molecule has 0 heterocycles. The molecule has 168 valence electrons. The number of rotatable bonds is 6. The van der Waals surface area contributed by atoms with Crippen LogP contribution >= 0.6 is 0 Å². The van der Waals surface area contributed by atoms with Gasteiger partial charge in [0.15, 0.2) is 0 Å². The minimum absolute atomic E-state index is 0.0213. The van der Waals surface area contributed by atoms with E-state index in [1.807, 2.05) is 58.0 Å². The van der Waals surface area contributed by atoms with Crippen molar-refractivity contribution in [2.45, 2.75) is 83.8 Å². The van der Waals surface area contributed by atoms with Gasteiger partial charge in [-0.1, -0.05) is 30.3 Å². The van der Waals surface area contributed by atoms with Gasteiger partial charge in [0.1, 0.15) is 12.2 Å². The quantitative estimate of drug-likeness (QED) is 0.747. The molecule has 1 unspecified atom stereocenters. The molecule has 1 saturated carbocycles. The summed E-state index contributed by atoms with van der Waals surface area (Å²) in [5.74, 6) is 0. The first kappa shape index (κ1) is 24.0. The zero-order chi connectivity index (χ0) is 22.3. The van der Waals surface area contributed by atoms with E-state index in [-0.39, 0.29) is 30.9 Å². The van der Waals surface area contributed by atoms with Gasteiger partial charge in [0, 0.05) is 19.6 Å². The van der Waals surface area contributed by atoms with Gasteiger partial charge in [0.2, 0.25) is 0 Å². The Kier molecular flexibility index (Phi) is 8.53. The molecule has 0 saturated heterocycles. The number of hydrogen-bond acceptors (Lipinski definition) is 5. The second-order valence-electron chi connectivity index (χ2n) is 9.12. The van der Waals surface area contributed by atoms with Crippen LogP contribution in [0.2, 0.25) is 0 Å². The summed E-state index contributed by atoms with van der Waals surface area (Å²) >= 11 is 0. The zero-order valence-electron chi connectivity index (χ0n) is 18.8. The SMILES string of the molecule is CC(CN(C)C(=O)OCc1ccccc1)N(C(=O)OC(C)(C)C)C1CCC(O)CC1. The molecule has 30 heavy (non-hydrogen) atoms. The van der Waals surface area contributed by atoms with Gasteiger partial charge in [-0.25, -0.2) is 9.59 Å². The molecule has 1 aliphatic rings. The summed E-state index contributed by atoms with van der Waals surface area (Å²) in [7, 11) is 1.67. The molecule has 1 aliphatic carbocycles. The van der Waals surface area contributed by atoms with E-state index in [0.717, 1.165) is 5.56 Å². The molecular weight excluding hydrogens is 384 g/mol. The van der Waals surface area contributed by atoms with Gasteiger partial charge >= 0.3 is 12.2 Å². The van der Waals surface area contributed by atoms with Crippen LogP contribution in [0.4, 0.5) is 9.59 Å². The third-order valence-corrected chi connectivity index (χ3v) is 5.19. The van der Waals surface area contributed by atoms with E-state index in [1.54, 1.807) is 11.9 Å². The van der Waals surface area contributed by atoms with Crippen molar-refractivity contribution in [1.82, 2.24) is 9.80 Å². The number of aliphatic hydroxyl groups is 1. The lowest BCUT2D eigenvalue weighted by atomic mass is 9.91. The fraction of sp³-hybridized carbons (Fsp3) is 0.652. The second kappa shape index (κ2) is 10.7. The molecule has 0 bridgehead atoms. The minimum atomic E-state index is -0.607. The number of carbonyl (C=O) groups is 2. The summed E-state index contributed by atoms with van der Waals surface area (Å²) in [5, 5.41) is 9.84. The van der Waals surface area contributed by atoms with Crippen molar-refractivity contribution in [1.29, 1.82) is 0 Å². The molecule has 0 aromatic heterocycles. The molecule has 1 aromatic carbocycles. The number of benzene rings is 1. The molecule has 1 aromatic rings. The maximum Gasteiger partial charge on any atom is 0.410 e. The third kappa shape index (κ3) is 7.52. The zero-order valence-corrected chi connectivity index (χ0v) is 18.8. The molecule has 2 amide bonds. The van der Waals surface area contributed by atoms with E-state index < -0.39 is 11.7 Å². The van der Waals surface area contributed by atoms with Crippen LogP contribution < -0.4 is 0 Å². The van der Waals surface area contributed by atoms with E-state index in [1.165, 1.54) is 4.90 Å². The minimum Gasteiger partial charge on any atom is -0.445 e. The van der Waals surface area contributed by atoms with Gasteiger partial charge in [-0.15, -0.1) is 0 Å². The number of amides is 2. The summed E-state index contributed by atoms with van der Waals surface area (Å²) in [4.78, 5) is 28.6. The lowest BCUT2D eigenvalue weighted by molar-refractivity contribution is -0.00914. The number of nitrogens with zero attached hydrogens (tertiary/aromatic N) is 2. The largest absolute Gasteiger partial charge is 0.445 e. The van der Waals surface area contributed by atoms with Gasteiger partial charge in [-0.2, -0.15) is 0 Å². The van der Waals surface area contributed by atoms with Crippen molar-refractivity contribution >= 4 is 12.2 Å².